The molecule has 0 fully saturated rings. The summed E-state index contributed by atoms with van der Waals surface area (Å²) in [7, 11) is 0. The zero-order chi connectivity index (χ0) is 10.5. The predicted molar refractivity (Wildman–Crippen MR) is 56.8 cm³/mol. The number of aromatic nitrogens is 2. The van der Waals surface area contributed by atoms with Crippen molar-refractivity contribution >= 4 is 0 Å². The van der Waals surface area contributed by atoms with Crippen LogP contribution in [0.5, 0.6) is 0 Å². The van der Waals surface area contributed by atoms with Crippen LogP contribution in [0.1, 0.15) is 45.9 Å². The fraction of sp³-hybridized carbons (Fsp3) is 0.636. The van der Waals surface area contributed by atoms with Gasteiger partial charge in [0.1, 0.15) is 0 Å². The molecule has 1 aromatic rings. The molecule has 0 spiro atoms. The summed E-state index contributed by atoms with van der Waals surface area (Å²) in [5, 5.41) is 7.96. The standard InChI is InChI=1S/C9H14N2.C2H6/c1-7-5-6-10-11-8(7)9(2,3)4;1-2/h5-6H,1-4H3;1-2H3. The van der Waals surface area contributed by atoms with E-state index in [9.17, 15) is 0 Å². The summed E-state index contributed by atoms with van der Waals surface area (Å²) >= 11 is 0. The molecule has 2 heteroatoms. The SMILES string of the molecule is CC.Cc1ccnnc1C(C)(C)C. The van der Waals surface area contributed by atoms with Gasteiger partial charge in [-0.3, -0.25) is 0 Å². The summed E-state index contributed by atoms with van der Waals surface area (Å²) in [5.74, 6) is 0. The summed E-state index contributed by atoms with van der Waals surface area (Å²) in [4.78, 5) is 0. The van der Waals surface area contributed by atoms with E-state index in [4.69, 9.17) is 0 Å². The maximum absolute atomic E-state index is 4.10. The molecule has 0 unspecified atom stereocenters. The van der Waals surface area contributed by atoms with Crippen molar-refractivity contribution in [3.05, 3.63) is 23.5 Å². The van der Waals surface area contributed by atoms with Crippen LogP contribution in [-0.2, 0) is 5.41 Å². The Balaban J connectivity index is 0.000000671. The van der Waals surface area contributed by atoms with Gasteiger partial charge in [0, 0.05) is 11.6 Å². The van der Waals surface area contributed by atoms with Crippen LogP contribution in [0.2, 0.25) is 0 Å². The molecular formula is C11H20N2. The highest BCUT2D eigenvalue weighted by Gasteiger charge is 2.17. The minimum atomic E-state index is 0.109. The van der Waals surface area contributed by atoms with Gasteiger partial charge in [0.2, 0.25) is 0 Å². The van der Waals surface area contributed by atoms with Crippen molar-refractivity contribution in [1.29, 1.82) is 0 Å². The monoisotopic (exact) mass is 180 g/mol. The van der Waals surface area contributed by atoms with Gasteiger partial charge in [-0.1, -0.05) is 34.6 Å². The summed E-state index contributed by atoms with van der Waals surface area (Å²) in [5.41, 5.74) is 2.41. The molecule has 2 nitrogen and oxygen atoms in total. The molecule has 0 aliphatic heterocycles. The zero-order valence-electron chi connectivity index (χ0n) is 9.55. The molecule has 0 aliphatic carbocycles. The van der Waals surface area contributed by atoms with Crippen LogP contribution in [0.4, 0.5) is 0 Å². The van der Waals surface area contributed by atoms with Gasteiger partial charge in [0.05, 0.1) is 5.69 Å². The molecule has 74 valence electrons. The van der Waals surface area contributed by atoms with Crippen molar-refractivity contribution in [2.24, 2.45) is 0 Å². The lowest BCUT2D eigenvalue weighted by Crippen LogP contribution is -2.15. The molecule has 0 atom stereocenters. The number of aryl methyl sites for hydroxylation is 1. The molecule has 0 N–H and O–H groups in total. The minimum absolute atomic E-state index is 0.109. The highest BCUT2D eigenvalue weighted by Crippen LogP contribution is 2.21. The maximum atomic E-state index is 4.10. The van der Waals surface area contributed by atoms with Crippen LogP contribution in [-0.4, -0.2) is 10.2 Å². The first-order chi connectivity index (χ1) is 6.02. The summed E-state index contributed by atoms with van der Waals surface area (Å²) in [6, 6.07) is 1.99. The Morgan fingerprint density at radius 1 is 1.15 bits per heavy atom. The minimum Gasteiger partial charge on any atom is -0.159 e. The molecular weight excluding hydrogens is 160 g/mol. The molecule has 1 heterocycles. The smallest absolute Gasteiger partial charge is 0.0713 e. The topological polar surface area (TPSA) is 25.8 Å². The summed E-state index contributed by atoms with van der Waals surface area (Å²) < 4.78 is 0. The quantitative estimate of drug-likeness (QED) is 0.613. The average molecular weight is 180 g/mol. The molecule has 0 radical (unpaired) electrons. The number of hydrogen-bond donors (Lipinski definition) is 0. The van der Waals surface area contributed by atoms with E-state index < -0.39 is 0 Å². The van der Waals surface area contributed by atoms with Crippen LogP contribution in [0.3, 0.4) is 0 Å². The Morgan fingerprint density at radius 2 is 1.69 bits per heavy atom. The van der Waals surface area contributed by atoms with Gasteiger partial charge in [-0.15, -0.1) is 0 Å². The van der Waals surface area contributed by atoms with Crippen LogP contribution in [0.25, 0.3) is 0 Å². The zero-order valence-corrected chi connectivity index (χ0v) is 9.55. The normalized spacial score (nSPS) is 10.3. The second kappa shape index (κ2) is 4.95. The summed E-state index contributed by atoms with van der Waals surface area (Å²) in [6.45, 7) is 12.5. The van der Waals surface area contributed by atoms with Crippen molar-refractivity contribution < 1.29 is 0 Å². The molecule has 1 rings (SSSR count). The van der Waals surface area contributed by atoms with Gasteiger partial charge in [-0.05, 0) is 18.6 Å². The Kier molecular flexibility index (Phi) is 4.60. The fourth-order valence-electron chi connectivity index (χ4n) is 1.14. The van der Waals surface area contributed by atoms with Crippen molar-refractivity contribution in [3.63, 3.8) is 0 Å². The predicted octanol–water partition coefficient (Wildman–Crippen LogP) is 3.11. The maximum Gasteiger partial charge on any atom is 0.0713 e. The van der Waals surface area contributed by atoms with Gasteiger partial charge in [0.25, 0.3) is 0 Å². The first-order valence-electron chi connectivity index (χ1n) is 4.80. The molecule has 0 aromatic carbocycles. The Morgan fingerprint density at radius 3 is 2.00 bits per heavy atom. The molecule has 1 aromatic heterocycles. The second-order valence-corrected chi connectivity index (χ2v) is 3.81. The van der Waals surface area contributed by atoms with Crippen molar-refractivity contribution in [2.75, 3.05) is 0 Å². The molecule has 13 heavy (non-hydrogen) atoms. The molecule has 0 bridgehead atoms. The lowest BCUT2D eigenvalue weighted by Gasteiger charge is -2.18. The number of nitrogens with zero attached hydrogens (tertiary/aromatic N) is 2. The van der Waals surface area contributed by atoms with E-state index in [1.165, 1.54) is 5.56 Å². The largest absolute Gasteiger partial charge is 0.159 e. The van der Waals surface area contributed by atoms with Gasteiger partial charge in [0.15, 0.2) is 0 Å². The van der Waals surface area contributed by atoms with Crippen molar-refractivity contribution in [2.45, 2.75) is 47.0 Å². The Labute approximate surface area is 81.4 Å². The van der Waals surface area contributed by atoms with Crippen LogP contribution in [0.15, 0.2) is 12.3 Å². The van der Waals surface area contributed by atoms with E-state index in [0.717, 1.165) is 5.69 Å². The Hall–Kier alpha value is -0.920. The van der Waals surface area contributed by atoms with Crippen LogP contribution < -0.4 is 0 Å². The molecule has 0 amide bonds. The van der Waals surface area contributed by atoms with E-state index in [1.54, 1.807) is 6.20 Å². The van der Waals surface area contributed by atoms with E-state index in [1.807, 2.05) is 19.9 Å². The number of hydrogen-bond acceptors (Lipinski definition) is 2. The Bertz CT molecular complexity index is 249. The van der Waals surface area contributed by atoms with Gasteiger partial charge in [-0.2, -0.15) is 10.2 Å². The molecule has 0 saturated carbocycles. The van der Waals surface area contributed by atoms with Crippen molar-refractivity contribution in [3.8, 4) is 0 Å². The average Bonchev–Trinajstić information content (AvgIpc) is 2.07. The molecule has 0 aliphatic rings. The third-order valence-corrected chi connectivity index (χ3v) is 1.63. The van der Waals surface area contributed by atoms with E-state index >= 15 is 0 Å². The highest BCUT2D eigenvalue weighted by atomic mass is 15.1. The third-order valence-electron chi connectivity index (χ3n) is 1.63. The van der Waals surface area contributed by atoms with Gasteiger partial charge < -0.3 is 0 Å². The van der Waals surface area contributed by atoms with E-state index in [2.05, 4.69) is 37.9 Å². The summed E-state index contributed by atoms with van der Waals surface area (Å²) in [6.07, 6.45) is 1.73. The second-order valence-electron chi connectivity index (χ2n) is 3.81. The first kappa shape index (κ1) is 12.1. The van der Waals surface area contributed by atoms with E-state index in [0.29, 0.717) is 0 Å². The third kappa shape index (κ3) is 3.53. The van der Waals surface area contributed by atoms with E-state index in [-0.39, 0.29) is 5.41 Å². The highest BCUT2D eigenvalue weighted by molar-refractivity contribution is 5.21. The van der Waals surface area contributed by atoms with Crippen LogP contribution >= 0.6 is 0 Å². The van der Waals surface area contributed by atoms with Crippen molar-refractivity contribution in [1.82, 2.24) is 10.2 Å². The lowest BCUT2D eigenvalue weighted by atomic mass is 9.89. The first-order valence-corrected chi connectivity index (χ1v) is 4.80. The van der Waals surface area contributed by atoms with Gasteiger partial charge >= 0.3 is 0 Å². The number of rotatable bonds is 0. The molecule has 0 saturated heterocycles. The van der Waals surface area contributed by atoms with Crippen LogP contribution in [0, 0.1) is 6.92 Å². The lowest BCUT2D eigenvalue weighted by molar-refractivity contribution is 0.553. The van der Waals surface area contributed by atoms with Gasteiger partial charge in [-0.25, -0.2) is 0 Å². The fourth-order valence-corrected chi connectivity index (χ4v) is 1.14.